The van der Waals surface area contributed by atoms with Crippen LogP contribution in [0, 0.1) is 11.6 Å². The van der Waals surface area contributed by atoms with E-state index in [1.165, 1.54) is 25.1 Å². The fourth-order valence-corrected chi connectivity index (χ4v) is 1.07. The average Bonchev–Trinajstić information content (AvgIpc) is 2.23. The predicted octanol–water partition coefficient (Wildman–Crippen LogP) is 1.82. The molecular formula is C11H11F2NO2. The lowest BCUT2D eigenvalue weighted by atomic mass is 10.2. The summed E-state index contributed by atoms with van der Waals surface area (Å²) in [5.74, 6) is -3.32. The van der Waals surface area contributed by atoms with Gasteiger partial charge in [0.15, 0.2) is 11.6 Å². The van der Waals surface area contributed by atoms with E-state index < -0.39 is 17.4 Å². The van der Waals surface area contributed by atoms with E-state index in [1.54, 1.807) is 0 Å². The van der Waals surface area contributed by atoms with Crippen molar-refractivity contribution in [1.29, 1.82) is 0 Å². The largest absolute Gasteiger partial charge is 0.505 e. The first-order chi connectivity index (χ1) is 7.52. The minimum absolute atomic E-state index is 0.0145. The van der Waals surface area contributed by atoms with Crippen molar-refractivity contribution in [2.45, 2.75) is 6.92 Å². The van der Waals surface area contributed by atoms with Gasteiger partial charge in [-0.3, -0.25) is 4.79 Å². The molecule has 0 saturated heterocycles. The lowest BCUT2D eigenvalue weighted by Crippen LogP contribution is -2.19. The van der Waals surface area contributed by atoms with Gasteiger partial charge in [-0.2, -0.15) is 4.39 Å². The molecule has 0 spiro atoms. The predicted molar refractivity (Wildman–Crippen MR) is 55.7 cm³/mol. The summed E-state index contributed by atoms with van der Waals surface area (Å²) in [6.07, 6.45) is 2.81. The molecule has 0 aliphatic carbocycles. The smallest absolute Gasteiger partial charge is 0.217 e. The summed E-state index contributed by atoms with van der Waals surface area (Å²) in [4.78, 5) is 10.5. The van der Waals surface area contributed by atoms with Crippen molar-refractivity contribution in [3.05, 3.63) is 35.4 Å². The van der Waals surface area contributed by atoms with Crippen molar-refractivity contribution in [2.24, 2.45) is 0 Å². The molecule has 0 atom stereocenters. The Morgan fingerprint density at radius 1 is 1.44 bits per heavy atom. The number of rotatable bonds is 3. The van der Waals surface area contributed by atoms with Crippen molar-refractivity contribution in [2.75, 3.05) is 6.54 Å². The number of halogens is 2. The number of hydrogen-bond donors (Lipinski definition) is 2. The molecule has 1 amide bonds. The molecule has 0 aliphatic heterocycles. The van der Waals surface area contributed by atoms with Gasteiger partial charge < -0.3 is 10.4 Å². The third-order valence-corrected chi connectivity index (χ3v) is 1.86. The SMILES string of the molecule is CC(=O)NCC=Cc1ccc(O)c(F)c1F. The Morgan fingerprint density at radius 2 is 2.12 bits per heavy atom. The van der Waals surface area contributed by atoms with Crippen LogP contribution in [0.4, 0.5) is 8.78 Å². The highest BCUT2D eigenvalue weighted by molar-refractivity contribution is 5.73. The number of phenolic OH excluding ortho intramolecular Hbond substituents is 1. The van der Waals surface area contributed by atoms with Crippen LogP contribution in [0.15, 0.2) is 18.2 Å². The van der Waals surface area contributed by atoms with Crippen LogP contribution >= 0.6 is 0 Å². The Labute approximate surface area is 91.4 Å². The number of carbonyl (C=O) groups is 1. The zero-order valence-electron chi connectivity index (χ0n) is 8.63. The molecule has 0 bridgehead atoms. The van der Waals surface area contributed by atoms with E-state index in [2.05, 4.69) is 5.32 Å². The summed E-state index contributed by atoms with van der Waals surface area (Å²) < 4.78 is 26.1. The number of nitrogens with one attached hydrogen (secondary N) is 1. The molecule has 0 aliphatic rings. The number of amides is 1. The lowest BCUT2D eigenvalue weighted by molar-refractivity contribution is -0.118. The average molecular weight is 227 g/mol. The van der Waals surface area contributed by atoms with Crippen LogP contribution in [0.2, 0.25) is 0 Å². The highest BCUT2D eigenvalue weighted by Gasteiger charge is 2.10. The Balaban J connectivity index is 2.74. The van der Waals surface area contributed by atoms with E-state index in [4.69, 9.17) is 5.11 Å². The molecule has 5 heteroatoms. The van der Waals surface area contributed by atoms with Crippen LogP contribution in [0.3, 0.4) is 0 Å². The molecule has 1 aromatic carbocycles. The quantitative estimate of drug-likeness (QED) is 0.827. The van der Waals surface area contributed by atoms with Crippen LogP contribution in [-0.4, -0.2) is 17.6 Å². The summed E-state index contributed by atoms with van der Waals surface area (Å²) >= 11 is 0. The van der Waals surface area contributed by atoms with Gasteiger partial charge in [-0.15, -0.1) is 0 Å². The van der Waals surface area contributed by atoms with Gasteiger partial charge in [0.2, 0.25) is 11.7 Å². The Bertz CT molecular complexity index is 430. The molecule has 0 radical (unpaired) electrons. The van der Waals surface area contributed by atoms with Crippen LogP contribution in [0.25, 0.3) is 6.08 Å². The van der Waals surface area contributed by atoms with E-state index >= 15 is 0 Å². The molecule has 0 fully saturated rings. The second-order valence-electron chi connectivity index (χ2n) is 3.14. The van der Waals surface area contributed by atoms with Crippen molar-refractivity contribution < 1.29 is 18.7 Å². The minimum atomic E-state index is -1.28. The van der Waals surface area contributed by atoms with E-state index in [0.717, 1.165) is 6.07 Å². The maximum absolute atomic E-state index is 13.2. The van der Waals surface area contributed by atoms with E-state index in [-0.39, 0.29) is 18.0 Å². The summed E-state index contributed by atoms with van der Waals surface area (Å²) in [5, 5.41) is 11.3. The number of aromatic hydroxyl groups is 1. The van der Waals surface area contributed by atoms with Crippen molar-refractivity contribution in [3.63, 3.8) is 0 Å². The third kappa shape index (κ3) is 3.05. The van der Waals surface area contributed by atoms with Crippen molar-refractivity contribution in [3.8, 4) is 5.75 Å². The Morgan fingerprint density at radius 3 is 2.75 bits per heavy atom. The molecule has 86 valence electrons. The minimum Gasteiger partial charge on any atom is -0.505 e. The number of benzene rings is 1. The van der Waals surface area contributed by atoms with Gasteiger partial charge in [0, 0.05) is 19.0 Å². The van der Waals surface area contributed by atoms with E-state index in [0.29, 0.717) is 0 Å². The van der Waals surface area contributed by atoms with Crippen molar-refractivity contribution in [1.82, 2.24) is 5.32 Å². The van der Waals surface area contributed by atoms with Gasteiger partial charge in [0.25, 0.3) is 0 Å². The summed E-state index contributed by atoms with van der Waals surface area (Å²) in [6.45, 7) is 1.59. The number of carbonyl (C=O) groups excluding carboxylic acids is 1. The van der Waals surface area contributed by atoms with Crippen LogP contribution in [0.1, 0.15) is 12.5 Å². The fourth-order valence-electron chi connectivity index (χ4n) is 1.07. The fraction of sp³-hybridized carbons (Fsp3) is 0.182. The van der Waals surface area contributed by atoms with E-state index in [1.807, 2.05) is 0 Å². The maximum atomic E-state index is 13.2. The van der Waals surface area contributed by atoms with Crippen molar-refractivity contribution >= 4 is 12.0 Å². The zero-order chi connectivity index (χ0) is 12.1. The summed E-state index contributed by atoms with van der Waals surface area (Å²) in [5.41, 5.74) is 0.0145. The van der Waals surface area contributed by atoms with Crippen LogP contribution < -0.4 is 5.32 Å². The second kappa shape index (κ2) is 5.25. The molecule has 2 N–H and O–H groups in total. The van der Waals surface area contributed by atoms with Gasteiger partial charge in [-0.25, -0.2) is 4.39 Å². The first kappa shape index (κ1) is 12.2. The van der Waals surface area contributed by atoms with Gasteiger partial charge in [0.05, 0.1) is 0 Å². The molecule has 0 unspecified atom stereocenters. The van der Waals surface area contributed by atoms with E-state index in [9.17, 15) is 13.6 Å². The molecule has 16 heavy (non-hydrogen) atoms. The van der Waals surface area contributed by atoms with Gasteiger partial charge in [-0.05, 0) is 12.1 Å². The standard InChI is InChI=1S/C11H11F2NO2/c1-7(15)14-6-2-3-8-4-5-9(16)11(13)10(8)12/h2-5,16H,6H2,1H3,(H,14,15). The monoisotopic (exact) mass is 227 g/mol. The normalized spacial score (nSPS) is 10.7. The van der Waals surface area contributed by atoms with Crippen LogP contribution in [-0.2, 0) is 4.79 Å². The number of phenols is 1. The topological polar surface area (TPSA) is 49.3 Å². The van der Waals surface area contributed by atoms with Gasteiger partial charge in [-0.1, -0.05) is 12.2 Å². The third-order valence-electron chi connectivity index (χ3n) is 1.86. The molecule has 3 nitrogen and oxygen atoms in total. The molecule has 0 aromatic heterocycles. The van der Waals surface area contributed by atoms with Crippen LogP contribution in [0.5, 0.6) is 5.75 Å². The summed E-state index contributed by atoms with van der Waals surface area (Å²) in [7, 11) is 0. The first-order valence-corrected chi connectivity index (χ1v) is 4.60. The molecular weight excluding hydrogens is 216 g/mol. The highest BCUT2D eigenvalue weighted by Crippen LogP contribution is 2.21. The molecule has 1 aromatic rings. The second-order valence-corrected chi connectivity index (χ2v) is 3.14. The Kier molecular flexibility index (Phi) is 3.99. The van der Waals surface area contributed by atoms with Gasteiger partial charge in [0.1, 0.15) is 0 Å². The Hall–Kier alpha value is -1.91. The molecule has 1 rings (SSSR count). The number of hydrogen-bond acceptors (Lipinski definition) is 2. The highest BCUT2D eigenvalue weighted by atomic mass is 19.2. The van der Waals surface area contributed by atoms with Gasteiger partial charge >= 0.3 is 0 Å². The first-order valence-electron chi connectivity index (χ1n) is 4.60. The zero-order valence-corrected chi connectivity index (χ0v) is 8.63. The lowest BCUT2D eigenvalue weighted by Gasteiger charge is -2.00. The molecule has 0 saturated carbocycles. The molecule has 0 heterocycles. The maximum Gasteiger partial charge on any atom is 0.217 e. The summed E-state index contributed by atoms with van der Waals surface area (Å²) in [6, 6.07) is 2.31.